The molecule has 2 aliphatic rings. The Morgan fingerprint density at radius 3 is 1.27 bits per heavy atom. The van der Waals surface area contributed by atoms with E-state index in [2.05, 4.69) is 0 Å². The van der Waals surface area contributed by atoms with Crippen molar-refractivity contribution in [1.82, 2.24) is 9.80 Å². The number of amides is 4. The monoisotopic (exact) mass is 406 g/mol. The van der Waals surface area contributed by atoms with Crippen LogP contribution >= 0.6 is 0 Å². The van der Waals surface area contributed by atoms with Gasteiger partial charge in [0.25, 0.3) is 23.6 Å². The van der Waals surface area contributed by atoms with Gasteiger partial charge < -0.3 is 0 Å². The van der Waals surface area contributed by atoms with E-state index < -0.39 is 0 Å². The number of carbonyl (C=O) groups excluding carboxylic acids is 4. The smallest absolute Gasteiger partial charge is 0.261 e. The fourth-order valence-electron chi connectivity index (χ4n) is 4.60. The van der Waals surface area contributed by atoms with Crippen LogP contribution in [0.1, 0.15) is 80.3 Å². The van der Waals surface area contributed by atoms with Gasteiger partial charge in [-0.25, -0.2) is 0 Å². The summed E-state index contributed by atoms with van der Waals surface area (Å²) in [4.78, 5) is 55.6. The highest BCUT2D eigenvalue weighted by molar-refractivity contribution is 6.34. The van der Waals surface area contributed by atoms with Crippen molar-refractivity contribution in [1.29, 1.82) is 0 Å². The SMILES string of the molecule is Cc1cc2c3c(c(C)cc4c3c1C(=O)N(CC(C)C)C4=O)C(=O)N(CC(C)C)C2=O. The minimum Gasteiger partial charge on any atom is -0.274 e. The van der Waals surface area contributed by atoms with Gasteiger partial charge in [-0.15, -0.1) is 0 Å². The summed E-state index contributed by atoms with van der Waals surface area (Å²) in [5.41, 5.74) is 2.92. The first-order chi connectivity index (χ1) is 14.0. The van der Waals surface area contributed by atoms with Crippen LogP contribution in [-0.2, 0) is 0 Å². The predicted molar refractivity (Wildman–Crippen MR) is 114 cm³/mol. The number of rotatable bonds is 4. The maximum atomic E-state index is 13.3. The van der Waals surface area contributed by atoms with Crippen LogP contribution in [-0.4, -0.2) is 46.5 Å². The lowest BCUT2D eigenvalue weighted by molar-refractivity contribution is 0.0570. The number of nitrogens with zero attached hydrogens (tertiary/aromatic N) is 2. The molecule has 6 nitrogen and oxygen atoms in total. The Morgan fingerprint density at radius 1 is 0.633 bits per heavy atom. The van der Waals surface area contributed by atoms with Gasteiger partial charge in [0.1, 0.15) is 0 Å². The first-order valence-electron chi connectivity index (χ1n) is 10.4. The molecule has 0 N–H and O–H groups in total. The maximum absolute atomic E-state index is 13.3. The fourth-order valence-corrected chi connectivity index (χ4v) is 4.60. The minimum atomic E-state index is -0.364. The molecule has 0 spiro atoms. The molecule has 2 heterocycles. The number of carbonyl (C=O) groups is 4. The Labute approximate surface area is 175 Å². The minimum absolute atomic E-state index is 0.126. The number of benzene rings is 2. The Bertz CT molecular complexity index is 1070. The molecule has 0 unspecified atom stereocenters. The molecule has 4 rings (SSSR count). The summed E-state index contributed by atoms with van der Waals surface area (Å²) in [6, 6.07) is 3.40. The average molecular weight is 406 g/mol. The van der Waals surface area contributed by atoms with E-state index in [1.807, 2.05) is 27.7 Å². The molecule has 0 aliphatic carbocycles. The molecule has 0 atom stereocenters. The van der Waals surface area contributed by atoms with Crippen molar-refractivity contribution in [3.63, 3.8) is 0 Å². The van der Waals surface area contributed by atoms with E-state index in [-0.39, 0.29) is 35.5 Å². The predicted octanol–water partition coefficient (Wildman–Crippen LogP) is 3.96. The Balaban J connectivity index is 2.07. The van der Waals surface area contributed by atoms with Crippen molar-refractivity contribution in [2.45, 2.75) is 41.5 Å². The zero-order valence-electron chi connectivity index (χ0n) is 18.3. The van der Waals surface area contributed by atoms with Gasteiger partial charge >= 0.3 is 0 Å². The molecule has 2 aromatic rings. The number of aryl methyl sites for hydroxylation is 2. The Hall–Kier alpha value is -3.02. The topological polar surface area (TPSA) is 74.8 Å². The van der Waals surface area contributed by atoms with Crippen LogP contribution in [0.4, 0.5) is 0 Å². The summed E-state index contributed by atoms with van der Waals surface area (Å²) in [6.45, 7) is 12.0. The number of imide groups is 2. The van der Waals surface area contributed by atoms with Gasteiger partial charge in [-0.1, -0.05) is 27.7 Å². The molecule has 156 valence electrons. The van der Waals surface area contributed by atoms with Gasteiger partial charge in [0.05, 0.1) is 11.1 Å². The second-order valence-electron chi connectivity index (χ2n) is 9.21. The zero-order chi connectivity index (χ0) is 22.1. The molecule has 4 amide bonds. The second-order valence-corrected chi connectivity index (χ2v) is 9.21. The summed E-state index contributed by atoms with van der Waals surface area (Å²) in [5, 5.41) is 0.901. The van der Waals surface area contributed by atoms with Crippen LogP contribution in [0.3, 0.4) is 0 Å². The van der Waals surface area contributed by atoms with Crippen LogP contribution in [0, 0.1) is 25.7 Å². The first kappa shape index (κ1) is 20.3. The highest BCUT2D eigenvalue weighted by Gasteiger charge is 2.41. The van der Waals surface area contributed by atoms with Crippen LogP contribution < -0.4 is 0 Å². The lowest BCUT2D eigenvalue weighted by Gasteiger charge is -2.34. The van der Waals surface area contributed by atoms with Gasteiger partial charge in [0.2, 0.25) is 0 Å². The molecule has 0 bridgehead atoms. The maximum Gasteiger partial charge on any atom is 0.261 e. The molecule has 2 aromatic carbocycles. The molecular weight excluding hydrogens is 380 g/mol. The van der Waals surface area contributed by atoms with Crippen LogP contribution in [0.5, 0.6) is 0 Å². The third kappa shape index (κ3) is 2.70. The van der Waals surface area contributed by atoms with Crippen LogP contribution in [0.2, 0.25) is 0 Å². The van der Waals surface area contributed by atoms with Crippen molar-refractivity contribution in [2.75, 3.05) is 13.1 Å². The Kier molecular flexibility index (Phi) is 4.56. The van der Waals surface area contributed by atoms with Crippen molar-refractivity contribution < 1.29 is 19.2 Å². The van der Waals surface area contributed by atoms with E-state index >= 15 is 0 Å². The second kappa shape index (κ2) is 6.76. The molecule has 0 saturated heterocycles. The third-order valence-corrected chi connectivity index (χ3v) is 5.76. The fraction of sp³-hybridized carbons (Fsp3) is 0.417. The molecular formula is C24H26N2O4. The molecule has 6 heteroatoms. The molecule has 30 heavy (non-hydrogen) atoms. The molecule has 0 fully saturated rings. The van der Waals surface area contributed by atoms with E-state index in [0.29, 0.717) is 57.2 Å². The summed E-state index contributed by atoms with van der Waals surface area (Å²) >= 11 is 0. The first-order valence-corrected chi connectivity index (χ1v) is 10.4. The third-order valence-electron chi connectivity index (χ3n) is 5.76. The van der Waals surface area contributed by atoms with Gasteiger partial charge in [-0.05, 0) is 48.9 Å². The number of hydrogen-bond donors (Lipinski definition) is 0. The van der Waals surface area contributed by atoms with Crippen molar-refractivity contribution in [2.24, 2.45) is 11.8 Å². The highest BCUT2D eigenvalue weighted by Crippen LogP contribution is 2.41. The Morgan fingerprint density at radius 2 is 0.967 bits per heavy atom. The van der Waals surface area contributed by atoms with E-state index in [9.17, 15) is 19.2 Å². The van der Waals surface area contributed by atoms with Gasteiger partial charge in [-0.2, -0.15) is 0 Å². The lowest BCUT2D eigenvalue weighted by atomic mass is 9.81. The normalized spacial score (nSPS) is 16.0. The largest absolute Gasteiger partial charge is 0.274 e. The molecule has 0 radical (unpaired) electrons. The summed E-state index contributed by atoms with van der Waals surface area (Å²) in [7, 11) is 0. The summed E-state index contributed by atoms with van der Waals surface area (Å²) < 4.78 is 0. The molecule has 2 aliphatic heterocycles. The van der Waals surface area contributed by atoms with E-state index in [1.165, 1.54) is 9.80 Å². The van der Waals surface area contributed by atoms with Crippen molar-refractivity contribution in [3.05, 3.63) is 45.5 Å². The van der Waals surface area contributed by atoms with E-state index in [4.69, 9.17) is 0 Å². The van der Waals surface area contributed by atoms with Gasteiger partial charge in [-0.3, -0.25) is 29.0 Å². The standard InChI is InChI=1S/C24H26N2O4/c1-11(2)9-25-21(27)15-7-14(6)18-20-16(8-13(5)17(19(15)20)23(25)29)22(28)26(24(18)30)10-12(3)4/h7-8,11-12H,9-10H2,1-6H3. The van der Waals surface area contributed by atoms with Crippen molar-refractivity contribution >= 4 is 34.4 Å². The van der Waals surface area contributed by atoms with Gasteiger partial charge in [0, 0.05) is 35.0 Å². The molecule has 0 saturated carbocycles. The molecule has 0 aromatic heterocycles. The average Bonchev–Trinajstić information content (AvgIpc) is 2.65. The van der Waals surface area contributed by atoms with Crippen LogP contribution in [0.25, 0.3) is 10.8 Å². The van der Waals surface area contributed by atoms with E-state index in [0.717, 1.165) is 0 Å². The van der Waals surface area contributed by atoms with E-state index in [1.54, 1.807) is 26.0 Å². The quantitative estimate of drug-likeness (QED) is 0.721. The zero-order valence-corrected chi connectivity index (χ0v) is 18.3. The summed E-state index contributed by atoms with van der Waals surface area (Å²) in [6.07, 6.45) is 0. The highest BCUT2D eigenvalue weighted by atomic mass is 16.2. The van der Waals surface area contributed by atoms with Crippen molar-refractivity contribution in [3.8, 4) is 0 Å². The number of hydrogen-bond acceptors (Lipinski definition) is 4. The van der Waals surface area contributed by atoms with Gasteiger partial charge in [0.15, 0.2) is 0 Å². The van der Waals surface area contributed by atoms with Crippen LogP contribution in [0.15, 0.2) is 12.1 Å². The summed E-state index contributed by atoms with van der Waals surface area (Å²) in [5.74, 6) is -1.19. The lowest BCUT2D eigenvalue weighted by Crippen LogP contribution is -2.45.